The van der Waals surface area contributed by atoms with Crippen LogP contribution in [0.15, 0.2) is 48.5 Å². The summed E-state index contributed by atoms with van der Waals surface area (Å²) in [6.45, 7) is -0.443. The molecule has 2 aliphatic carbocycles. The zero-order valence-corrected chi connectivity index (χ0v) is 18.2. The van der Waals surface area contributed by atoms with E-state index in [0.717, 1.165) is 19.3 Å². The second kappa shape index (κ2) is 8.35. The van der Waals surface area contributed by atoms with E-state index in [1.807, 2.05) is 0 Å². The number of esters is 1. The second-order valence-electron chi connectivity index (χ2n) is 8.80. The van der Waals surface area contributed by atoms with E-state index in [0.29, 0.717) is 29.0 Å². The van der Waals surface area contributed by atoms with E-state index in [2.05, 4.69) is 5.32 Å². The molecule has 1 heterocycles. The maximum Gasteiger partial charge on any atom is 0.338 e. The van der Waals surface area contributed by atoms with Gasteiger partial charge in [-0.15, -0.1) is 0 Å². The Labute approximate surface area is 190 Å². The molecule has 2 aromatic rings. The van der Waals surface area contributed by atoms with E-state index < -0.39 is 18.5 Å². The minimum atomic E-state index is -0.666. The van der Waals surface area contributed by atoms with Gasteiger partial charge in [-0.25, -0.2) is 4.79 Å². The number of carbonyl (C=O) groups is 4. The van der Waals surface area contributed by atoms with Crippen molar-refractivity contribution in [1.29, 1.82) is 0 Å². The first kappa shape index (κ1) is 21.2. The summed E-state index contributed by atoms with van der Waals surface area (Å²) in [6, 6.07) is 12.9. The molecule has 170 valence electrons. The molecule has 5 rings (SSSR count). The minimum Gasteiger partial charge on any atom is -0.497 e. The summed E-state index contributed by atoms with van der Waals surface area (Å²) >= 11 is 0. The lowest BCUT2D eigenvalue weighted by molar-refractivity contribution is -0.123. The van der Waals surface area contributed by atoms with Gasteiger partial charge in [-0.05, 0) is 79.6 Å². The summed E-state index contributed by atoms with van der Waals surface area (Å²) < 4.78 is 10.2. The summed E-state index contributed by atoms with van der Waals surface area (Å²) in [5.74, 6) is -0.462. The summed E-state index contributed by atoms with van der Waals surface area (Å²) in [5.41, 5.74) is 1.25. The molecule has 3 aliphatic rings. The normalized spacial score (nSPS) is 25.2. The molecule has 1 N–H and O–H groups in total. The maximum atomic E-state index is 12.9. The van der Waals surface area contributed by atoms with Crippen LogP contribution in [-0.4, -0.2) is 37.4 Å². The lowest BCUT2D eigenvalue weighted by Gasteiger charge is -2.19. The van der Waals surface area contributed by atoms with Gasteiger partial charge in [-0.3, -0.25) is 19.3 Å². The fourth-order valence-corrected chi connectivity index (χ4v) is 5.50. The van der Waals surface area contributed by atoms with Crippen molar-refractivity contribution < 1.29 is 28.7 Å². The van der Waals surface area contributed by atoms with Crippen LogP contribution in [0, 0.1) is 23.7 Å². The van der Waals surface area contributed by atoms with Crippen LogP contribution < -0.4 is 15.0 Å². The molecule has 2 bridgehead atoms. The number of imide groups is 1. The number of benzene rings is 2. The molecular formula is C25H24N2O6. The first-order valence-corrected chi connectivity index (χ1v) is 11.0. The Kier molecular flexibility index (Phi) is 5.36. The van der Waals surface area contributed by atoms with E-state index in [1.165, 1.54) is 17.0 Å². The molecule has 4 atom stereocenters. The zero-order chi connectivity index (χ0) is 23.1. The van der Waals surface area contributed by atoms with Crippen molar-refractivity contribution in [2.75, 3.05) is 23.9 Å². The quantitative estimate of drug-likeness (QED) is 0.538. The topological polar surface area (TPSA) is 102 Å². The number of amides is 3. The molecule has 8 heteroatoms. The fraction of sp³-hybridized carbons (Fsp3) is 0.360. The number of methoxy groups -OCH3 is 1. The van der Waals surface area contributed by atoms with Gasteiger partial charge in [-0.1, -0.05) is 0 Å². The number of fused-ring (bicyclic) bond motifs is 5. The molecule has 0 aromatic heterocycles. The third-order valence-electron chi connectivity index (χ3n) is 7.00. The highest BCUT2D eigenvalue weighted by Crippen LogP contribution is 2.56. The first-order chi connectivity index (χ1) is 16.0. The molecule has 0 unspecified atom stereocenters. The van der Waals surface area contributed by atoms with Gasteiger partial charge in [-0.2, -0.15) is 0 Å². The van der Waals surface area contributed by atoms with Crippen molar-refractivity contribution in [1.82, 2.24) is 0 Å². The number of ether oxygens (including phenoxy) is 2. The van der Waals surface area contributed by atoms with Crippen molar-refractivity contribution in [3.05, 3.63) is 54.1 Å². The van der Waals surface area contributed by atoms with E-state index in [-0.39, 0.29) is 29.2 Å². The molecule has 2 aromatic carbocycles. The monoisotopic (exact) mass is 448 g/mol. The lowest BCUT2D eigenvalue weighted by atomic mass is 9.81. The highest BCUT2D eigenvalue weighted by Gasteiger charge is 2.61. The Morgan fingerprint density at radius 1 is 0.939 bits per heavy atom. The molecule has 3 fully saturated rings. The predicted molar refractivity (Wildman–Crippen MR) is 119 cm³/mol. The van der Waals surface area contributed by atoms with E-state index >= 15 is 0 Å². The molecule has 1 aliphatic heterocycles. The third-order valence-corrected chi connectivity index (χ3v) is 7.00. The lowest BCUT2D eigenvalue weighted by Crippen LogP contribution is -2.32. The Morgan fingerprint density at radius 3 is 2.12 bits per heavy atom. The Bertz CT molecular complexity index is 1080. The van der Waals surface area contributed by atoms with Gasteiger partial charge in [0.25, 0.3) is 5.91 Å². The molecule has 0 spiro atoms. The van der Waals surface area contributed by atoms with Crippen molar-refractivity contribution in [2.45, 2.75) is 19.3 Å². The third kappa shape index (κ3) is 3.75. The average molecular weight is 448 g/mol. The van der Waals surface area contributed by atoms with Crippen LogP contribution in [0.1, 0.15) is 29.6 Å². The standard InChI is InChI=1S/C25H24N2O6/c1-32-19-10-6-17(7-11-19)26-20(28)13-33-25(31)14-4-8-18(9-5-14)27-23(29)21-15-2-3-16(12-15)22(21)24(27)30/h4-11,15-16,21-22H,2-3,12-13H2,1H3,(H,26,28)/t15-,16-,21-,22-/m0/s1. The SMILES string of the molecule is COc1ccc(NC(=O)COC(=O)c2ccc(N3C(=O)[C@H]4[C@H]5CC[C@@H](C5)[C@@H]4C3=O)cc2)cc1. The van der Waals surface area contributed by atoms with Crippen molar-refractivity contribution >= 4 is 35.1 Å². The van der Waals surface area contributed by atoms with E-state index in [1.54, 1.807) is 43.5 Å². The highest BCUT2D eigenvalue weighted by molar-refractivity contribution is 6.22. The van der Waals surface area contributed by atoms with Crippen LogP contribution in [0.25, 0.3) is 0 Å². The largest absolute Gasteiger partial charge is 0.497 e. The molecule has 0 radical (unpaired) electrons. The zero-order valence-electron chi connectivity index (χ0n) is 18.2. The van der Waals surface area contributed by atoms with Crippen LogP contribution in [0.5, 0.6) is 5.75 Å². The fourth-order valence-electron chi connectivity index (χ4n) is 5.50. The molecule has 3 amide bonds. The van der Waals surface area contributed by atoms with E-state index in [4.69, 9.17) is 9.47 Å². The number of hydrogen-bond donors (Lipinski definition) is 1. The Morgan fingerprint density at radius 2 is 1.55 bits per heavy atom. The number of nitrogens with one attached hydrogen (secondary N) is 1. The van der Waals surface area contributed by atoms with Gasteiger partial charge < -0.3 is 14.8 Å². The van der Waals surface area contributed by atoms with Gasteiger partial charge in [0.05, 0.1) is 30.2 Å². The average Bonchev–Trinajstić information content (AvgIpc) is 3.52. The number of rotatable bonds is 6. The van der Waals surface area contributed by atoms with Gasteiger partial charge in [0.15, 0.2) is 6.61 Å². The predicted octanol–water partition coefficient (Wildman–Crippen LogP) is 3.03. The summed E-state index contributed by atoms with van der Waals surface area (Å²) in [5, 5.41) is 2.63. The molecule has 8 nitrogen and oxygen atoms in total. The summed E-state index contributed by atoms with van der Waals surface area (Å²) in [4.78, 5) is 51.5. The second-order valence-corrected chi connectivity index (χ2v) is 8.80. The summed E-state index contributed by atoms with van der Waals surface area (Å²) in [6.07, 6.45) is 3.03. The number of hydrogen-bond acceptors (Lipinski definition) is 6. The van der Waals surface area contributed by atoms with Crippen LogP contribution in [-0.2, 0) is 19.1 Å². The minimum absolute atomic E-state index is 0.122. The van der Waals surface area contributed by atoms with E-state index in [9.17, 15) is 19.2 Å². The van der Waals surface area contributed by atoms with Gasteiger partial charge in [0, 0.05) is 5.69 Å². The van der Waals surface area contributed by atoms with Crippen LogP contribution in [0.2, 0.25) is 0 Å². The molecular weight excluding hydrogens is 424 g/mol. The summed E-state index contributed by atoms with van der Waals surface area (Å²) in [7, 11) is 1.55. The number of anilines is 2. The van der Waals surface area contributed by atoms with Gasteiger partial charge in [0.2, 0.25) is 11.8 Å². The maximum absolute atomic E-state index is 12.9. The van der Waals surface area contributed by atoms with Crippen LogP contribution in [0.3, 0.4) is 0 Å². The number of carbonyl (C=O) groups excluding carboxylic acids is 4. The molecule has 33 heavy (non-hydrogen) atoms. The molecule has 1 saturated heterocycles. The highest BCUT2D eigenvalue weighted by atomic mass is 16.5. The van der Waals surface area contributed by atoms with Crippen LogP contribution in [0.4, 0.5) is 11.4 Å². The van der Waals surface area contributed by atoms with Crippen molar-refractivity contribution in [2.24, 2.45) is 23.7 Å². The van der Waals surface area contributed by atoms with Crippen molar-refractivity contribution in [3.8, 4) is 5.75 Å². The number of nitrogens with zero attached hydrogens (tertiary/aromatic N) is 1. The smallest absolute Gasteiger partial charge is 0.338 e. The van der Waals surface area contributed by atoms with Gasteiger partial charge >= 0.3 is 5.97 Å². The van der Waals surface area contributed by atoms with Crippen molar-refractivity contribution in [3.63, 3.8) is 0 Å². The Hall–Kier alpha value is -3.68. The van der Waals surface area contributed by atoms with Crippen LogP contribution >= 0.6 is 0 Å². The van der Waals surface area contributed by atoms with Gasteiger partial charge in [0.1, 0.15) is 5.75 Å². The molecule has 2 saturated carbocycles. The first-order valence-electron chi connectivity index (χ1n) is 11.0. The Balaban J connectivity index is 1.18.